The number of rotatable bonds is 7. The molecular weight excluding hydrogens is 224 g/mol. The van der Waals surface area contributed by atoms with E-state index in [1.165, 1.54) is 12.8 Å². The second kappa shape index (κ2) is 6.21. The van der Waals surface area contributed by atoms with Crippen molar-refractivity contribution in [3.63, 3.8) is 0 Å². The standard InChI is InChI=1S/C15H24N2O/c1-11(12-7-8-12)10-17-14(9-16)13-5-3-4-6-15(13)18-2/h3-6,11-12,14,17H,7-10,16H2,1-2H3. The average molecular weight is 248 g/mol. The predicted octanol–water partition coefficient (Wildman–Crippen LogP) is 2.33. The molecule has 0 spiro atoms. The molecule has 2 rings (SSSR count). The van der Waals surface area contributed by atoms with Gasteiger partial charge in [0.05, 0.1) is 7.11 Å². The Morgan fingerprint density at radius 1 is 1.39 bits per heavy atom. The highest BCUT2D eigenvalue weighted by molar-refractivity contribution is 5.36. The lowest BCUT2D eigenvalue weighted by Crippen LogP contribution is -2.32. The summed E-state index contributed by atoms with van der Waals surface area (Å²) in [5, 5.41) is 3.58. The molecule has 0 saturated heterocycles. The first-order valence-electron chi connectivity index (χ1n) is 6.82. The van der Waals surface area contributed by atoms with Gasteiger partial charge in [-0.15, -0.1) is 0 Å². The van der Waals surface area contributed by atoms with Crippen LogP contribution in [0.3, 0.4) is 0 Å². The SMILES string of the molecule is COc1ccccc1C(CN)NCC(C)C1CC1. The van der Waals surface area contributed by atoms with Gasteiger partial charge in [0.1, 0.15) is 5.75 Å². The maximum Gasteiger partial charge on any atom is 0.123 e. The van der Waals surface area contributed by atoms with Crippen molar-refractivity contribution in [2.45, 2.75) is 25.8 Å². The Hall–Kier alpha value is -1.06. The molecular formula is C15H24N2O. The molecule has 0 heterocycles. The number of hydrogen-bond acceptors (Lipinski definition) is 3. The van der Waals surface area contributed by atoms with Crippen LogP contribution in [-0.4, -0.2) is 20.2 Å². The van der Waals surface area contributed by atoms with Crippen molar-refractivity contribution >= 4 is 0 Å². The van der Waals surface area contributed by atoms with Crippen LogP contribution in [0, 0.1) is 11.8 Å². The monoisotopic (exact) mass is 248 g/mol. The molecule has 3 nitrogen and oxygen atoms in total. The molecule has 0 bridgehead atoms. The second-order valence-corrected chi connectivity index (χ2v) is 5.25. The first kappa shape index (κ1) is 13.4. The van der Waals surface area contributed by atoms with E-state index < -0.39 is 0 Å². The van der Waals surface area contributed by atoms with Crippen LogP contribution in [0.1, 0.15) is 31.4 Å². The van der Waals surface area contributed by atoms with Crippen molar-refractivity contribution in [2.75, 3.05) is 20.2 Å². The van der Waals surface area contributed by atoms with Crippen LogP contribution < -0.4 is 15.8 Å². The maximum absolute atomic E-state index is 5.89. The number of methoxy groups -OCH3 is 1. The van der Waals surface area contributed by atoms with Gasteiger partial charge in [0.2, 0.25) is 0 Å². The molecule has 18 heavy (non-hydrogen) atoms. The largest absolute Gasteiger partial charge is 0.496 e. The fourth-order valence-electron chi connectivity index (χ4n) is 2.43. The molecule has 0 aromatic heterocycles. The highest BCUT2D eigenvalue weighted by atomic mass is 16.5. The number of ether oxygens (including phenoxy) is 1. The Morgan fingerprint density at radius 3 is 2.72 bits per heavy atom. The van der Waals surface area contributed by atoms with Crippen LogP contribution in [-0.2, 0) is 0 Å². The fourth-order valence-corrected chi connectivity index (χ4v) is 2.43. The third-order valence-electron chi connectivity index (χ3n) is 3.86. The first-order chi connectivity index (χ1) is 8.76. The number of benzene rings is 1. The molecule has 100 valence electrons. The van der Waals surface area contributed by atoms with E-state index in [2.05, 4.69) is 18.3 Å². The van der Waals surface area contributed by atoms with Gasteiger partial charge in [-0.1, -0.05) is 25.1 Å². The summed E-state index contributed by atoms with van der Waals surface area (Å²) >= 11 is 0. The molecule has 2 atom stereocenters. The molecule has 1 aromatic rings. The topological polar surface area (TPSA) is 47.3 Å². The van der Waals surface area contributed by atoms with Gasteiger partial charge in [-0.2, -0.15) is 0 Å². The van der Waals surface area contributed by atoms with E-state index in [0.29, 0.717) is 6.54 Å². The quantitative estimate of drug-likeness (QED) is 0.778. The molecule has 0 amide bonds. The molecule has 1 aliphatic rings. The van der Waals surface area contributed by atoms with Gasteiger partial charge in [0.15, 0.2) is 0 Å². The van der Waals surface area contributed by atoms with Gasteiger partial charge < -0.3 is 15.8 Å². The van der Waals surface area contributed by atoms with E-state index in [1.807, 2.05) is 18.2 Å². The lowest BCUT2D eigenvalue weighted by Gasteiger charge is -2.22. The van der Waals surface area contributed by atoms with Crippen LogP contribution in [0.5, 0.6) is 5.75 Å². The third-order valence-corrected chi connectivity index (χ3v) is 3.86. The van der Waals surface area contributed by atoms with Crippen molar-refractivity contribution in [2.24, 2.45) is 17.6 Å². The summed E-state index contributed by atoms with van der Waals surface area (Å²) in [6.07, 6.45) is 2.79. The van der Waals surface area contributed by atoms with Crippen LogP contribution in [0.15, 0.2) is 24.3 Å². The van der Waals surface area contributed by atoms with Gasteiger partial charge in [0.25, 0.3) is 0 Å². The maximum atomic E-state index is 5.89. The van der Waals surface area contributed by atoms with E-state index in [1.54, 1.807) is 7.11 Å². The Bertz CT molecular complexity index is 377. The first-order valence-corrected chi connectivity index (χ1v) is 6.82. The van der Waals surface area contributed by atoms with Crippen LogP contribution >= 0.6 is 0 Å². The smallest absolute Gasteiger partial charge is 0.123 e. The van der Waals surface area contributed by atoms with Crippen LogP contribution in [0.2, 0.25) is 0 Å². The summed E-state index contributed by atoms with van der Waals surface area (Å²) in [6.45, 7) is 3.95. The molecule has 0 aliphatic heterocycles. The number of para-hydroxylation sites is 1. The van der Waals surface area contributed by atoms with Crippen molar-refractivity contribution < 1.29 is 4.74 Å². The predicted molar refractivity (Wildman–Crippen MR) is 74.7 cm³/mol. The highest BCUT2D eigenvalue weighted by Crippen LogP contribution is 2.36. The minimum atomic E-state index is 0.183. The minimum Gasteiger partial charge on any atom is -0.496 e. The molecule has 1 saturated carbocycles. The van der Waals surface area contributed by atoms with E-state index in [9.17, 15) is 0 Å². The van der Waals surface area contributed by atoms with Gasteiger partial charge in [-0.25, -0.2) is 0 Å². The molecule has 1 aliphatic carbocycles. The zero-order valence-electron chi connectivity index (χ0n) is 11.4. The molecule has 3 N–H and O–H groups in total. The lowest BCUT2D eigenvalue weighted by atomic mass is 10.0. The van der Waals surface area contributed by atoms with Crippen molar-refractivity contribution in [3.8, 4) is 5.75 Å². The zero-order valence-corrected chi connectivity index (χ0v) is 11.4. The third kappa shape index (κ3) is 3.24. The van der Waals surface area contributed by atoms with E-state index >= 15 is 0 Å². The summed E-state index contributed by atoms with van der Waals surface area (Å²) in [5.74, 6) is 2.59. The zero-order chi connectivity index (χ0) is 13.0. The van der Waals surface area contributed by atoms with Crippen molar-refractivity contribution in [3.05, 3.63) is 29.8 Å². The van der Waals surface area contributed by atoms with E-state index in [0.717, 1.165) is 29.7 Å². The number of hydrogen-bond donors (Lipinski definition) is 2. The minimum absolute atomic E-state index is 0.183. The van der Waals surface area contributed by atoms with Crippen LogP contribution in [0.4, 0.5) is 0 Å². The Kier molecular flexibility index (Phi) is 4.61. The van der Waals surface area contributed by atoms with Crippen LogP contribution in [0.25, 0.3) is 0 Å². The lowest BCUT2D eigenvalue weighted by molar-refractivity contribution is 0.387. The number of nitrogens with two attached hydrogens (primary N) is 1. The number of nitrogens with one attached hydrogen (secondary N) is 1. The summed E-state index contributed by atoms with van der Waals surface area (Å²) in [4.78, 5) is 0. The van der Waals surface area contributed by atoms with E-state index in [4.69, 9.17) is 10.5 Å². The molecule has 1 fully saturated rings. The molecule has 1 aromatic carbocycles. The molecule has 3 heteroatoms. The van der Waals surface area contributed by atoms with Gasteiger partial charge in [-0.3, -0.25) is 0 Å². The summed E-state index contributed by atoms with van der Waals surface area (Å²) in [6, 6.07) is 8.28. The fraction of sp³-hybridized carbons (Fsp3) is 0.600. The van der Waals surface area contributed by atoms with Gasteiger partial charge in [0, 0.05) is 18.2 Å². The molecule has 2 unspecified atom stereocenters. The Balaban J connectivity index is 1.98. The van der Waals surface area contributed by atoms with Gasteiger partial charge >= 0.3 is 0 Å². The highest BCUT2D eigenvalue weighted by Gasteiger charge is 2.28. The van der Waals surface area contributed by atoms with Crippen molar-refractivity contribution in [1.29, 1.82) is 0 Å². The second-order valence-electron chi connectivity index (χ2n) is 5.25. The molecule has 0 radical (unpaired) electrons. The Labute approximate surface area is 110 Å². The summed E-state index contributed by atoms with van der Waals surface area (Å²) in [7, 11) is 1.71. The van der Waals surface area contributed by atoms with Crippen molar-refractivity contribution in [1.82, 2.24) is 5.32 Å². The average Bonchev–Trinajstić information content (AvgIpc) is 3.24. The summed E-state index contributed by atoms with van der Waals surface area (Å²) < 4.78 is 5.40. The van der Waals surface area contributed by atoms with E-state index in [-0.39, 0.29) is 6.04 Å². The Morgan fingerprint density at radius 2 is 2.11 bits per heavy atom. The van der Waals surface area contributed by atoms with Gasteiger partial charge in [-0.05, 0) is 37.3 Å². The summed E-state index contributed by atoms with van der Waals surface area (Å²) in [5.41, 5.74) is 7.05. The normalized spacial score (nSPS) is 18.4.